The molecule has 1 nitrogen and oxygen atoms in total. The van der Waals surface area contributed by atoms with Crippen molar-refractivity contribution in [3.05, 3.63) is 0 Å². The van der Waals surface area contributed by atoms with Crippen molar-refractivity contribution in [2.24, 2.45) is 0 Å². The summed E-state index contributed by atoms with van der Waals surface area (Å²) in [6.45, 7) is 11.3. The molecule has 0 heterocycles. The van der Waals surface area contributed by atoms with E-state index >= 15 is 0 Å². The quantitative estimate of drug-likeness (QED) is 0.505. The summed E-state index contributed by atoms with van der Waals surface area (Å²) in [5.41, 5.74) is 0. The molecule has 0 bridgehead atoms. The van der Waals surface area contributed by atoms with Gasteiger partial charge in [-0.05, 0) is 0 Å². The van der Waals surface area contributed by atoms with Crippen LogP contribution in [0.3, 0.4) is 0 Å². The zero-order chi connectivity index (χ0) is 11.4. The van der Waals surface area contributed by atoms with Gasteiger partial charge in [-0.15, -0.1) is 0 Å². The standard InChI is InChI=1S/C11H21OSi.Li/c1-7-8-9-10-12-13(5,6)11(2,3)4;/h1,10H,8-9H2,2-6H3;. The summed E-state index contributed by atoms with van der Waals surface area (Å²) >= 11 is 2.12. The van der Waals surface area contributed by atoms with Gasteiger partial charge < -0.3 is 0 Å². The zero-order valence-corrected chi connectivity index (χ0v) is 11.5. The van der Waals surface area contributed by atoms with E-state index in [2.05, 4.69) is 57.5 Å². The van der Waals surface area contributed by atoms with E-state index in [-0.39, 0.29) is 5.04 Å². The first kappa shape index (κ1) is 14.3. The Balaban J connectivity index is 4.17. The molecular weight excluding hydrogens is 183 g/mol. The van der Waals surface area contributed by atoms with E-state index in [1.165, 1.54) is 0 Å². The Hall–Kier alpha value is 0.334. The Morgan fingerprint density at radius 2 is 1.93 bits per heavy atom. The van der Waals surface area contributed by atoms with E-state index in [1.54, 1.807) is 0 Å². The molecule has 0 N–H and O–H groups in total. The van der Waals surface area contributed by atoms with Gasteiger partial charge >= 0.3 is 99.3 Å². The minimum absolute atomic E-state index is 0.289. The van der Waals surface area contributed by atoms with Crippen molar-refractivity contribution in [1.29, 1.82) is 0 Å². The Morgan fingerprint density at radius 3 is 2.29 bits per heavy atom. The predicted octanol–water partition coefficient (Wildman–Crippen LogP) is 2.92. The number of rotatable bonds is 4. The molecule has 0 aromatic rings. The molecule has 0 aliphatic rings. The first-order chi connectivity index (χ1) is 6.20. The summed E-state index contributed by atoms with van der Waals surface area (Å²) < 4.78 is 6.45. The van der Waals surface area contributed by atoms with Crippen LogP contribution in [0.2, 0.25) is 18.1 Å². The van der Waals surface area contributed by atoms with E-state index < -0.39 is 8.32 Å². The van der Waals surface area contributed by atoms with E-state index in [1.807, 2.05) is 0 Å². The molecule has 0 spiro atoms. The minimum atomic E-state index is -1.59. The number of terminal acetylenes is 1. The average molecular weight is 204 g/mol. The molecule has 0 saturated heterocycles. The second kappa shape index (κ2) is 5.43. The van der Waals surface area contributed by atoms with Crippen LogP contribution in [0.5, 0.6) is 0 Å². The molecule has 0 radical (unpaired) electrons. The maximum absolute atomic E-state index is 6.15. The first-order valence-corrected chi connectivity index (χ1v) is 8.23. The van der Waals surface area contributed by atoms with Crippen LogP contribution in [0, 0.1) is 12.3 Å². The first-order valence-electron chi connectivity index (χ1n) is 5.32. The molecule has 0 amide bonds. The van der Waals surface area contributed by atoms with E-state index in [9.17, 15) is 0 Å². The van der Waals surface area contributed by atoms with E-state index in [0.717, 1.165) is 12.8 Å². The van der Waals surface area contributed by atoms with Crippen LogP contribution in [0.15, 0.2) is 0 Å². The van der Waals surface area contributed by atoms with Gasteiger partial charge in [0.05, 0.1) is 0 Å². The third-order valence-corrected chi connectivity index (χ3v) is 7.60. The van der Waals surface area contributed by atoms with Gasteiger partial charge in [-0.1, -0.05) is 0 Å². The molecule has 0 rings (SSSR count). The molecule has 0 aliphatic carbocycles. The Kier molecular flexibility index (Phi) is 5.56. The number of hydrogen-bond donors (Lipinski definition) is 0. The predicted molar refractivity (Wildman–Crippen MR) is 65.9 cm³/mol. The molecule has 0 aromatic heterocycles. The average Bonchev–Trinajstić information content (AvgIpc) is 1.97. The summed E-state index contributed by atoms with van der Waals surface area (Å²) in [5.74, 6) is 2.66. The van der Waals surface area contributed by atoms with Crippen LogP contribution >= 0.6 is 0 Å². The number of hydrogen-bond acceptors (Lipinski definition) is 1. The topological polar surface area (TPSA) is 9.23 Å². The normalized spacial score (nSPS) is 15.0. The second-order valence-electron chi connectivity index (χ2n) is 5.43. The third kappa shape index (κ3) is 4.71. The molecule has 14 heavy (non-hydrogen) atoms. The molecule has 1 unspecified atom stereocenters. The maximum atomic E-state index is 6.15. The van der Waals surface area contributed by atoms with Crippen molar-refractivity contribution < 1.29 is 4.43 Å². The molecule has 76 valence electrons. The Labute approximate surface area is 99.3 Å². The summed E-state index contributed by atoms with van der Waals surface area (Å²) in [4.78, 5) is 0. The van der Waals surface area contributed by atoms with Crippen LogP contribution < -0.4 is 0 Å². The van der Waals surface area contributed by atoms with Gasteiger partial charge in [0.1, 0.15) is 0 Å². The summed E-state index contributed by atoms with van der Waals surface area (Å²) in [5, 5.41) is 0.289. The zero-order valence-electron chi connectivity index (χ0n) is 10.5. The fraction of sp³-hybridized carbons (Fsp3) is 0.818. The molecule has 0 fully saturated rings. The Morgan fingerprint density at radius 1 is 1.43 bits per heavy atom. The molecular formula is C11H21LiOSi. The third-order valence-electron chi connectivity index (χ3n) is 3.00. The molecule has 0 saturated carbocycles. The molecule has 1 atom stereocenters. The van der Waals surface area contributed by atoms with Gasteiger partial charge in [0.15, 0.2) is 0 Å². The summed E-state index contributed by atoms with van der Waals surface area (Å²) in [6, 6.07) is 0. The van der Waals surface area contributed by atoms with Crippen LogP contribution in [-0.2, 0) is 4.43 Å². The van der Waals surface area contributed by atoms with Gasteiger partial charge in [-0.2, -0.15) is 0 Å². The van der Waals surface area contributed by atoms with Crippen molar-refractivity contribution in [2.75, 3.05) is 0 Å². The summed E-state index contributed by atoms with van der Waals surface area (Å²) in [7, 11) is -1.59. The van der Waals surface area contributed by atoms with Crippen molar-refractivity contribution in [3.63, 3.8) is 0 Å². The van der Waals surface area contributed by atoms with Gasteiger partial charge in [-0.25, -0.2) is 0 Å². The SMILES string of the molecule is [Li][CH](CCC#C)O[Si](C)(C)C(C)(C)C. The van der Waals surface area contributed by atoms with Crippen molar-refractivity contribution in [3.8, 4) is 12.3 Å². The van der Waals surface area contributed by atoms with Crippen molar-refractivity contribution >= 4 is 26.0 Å². The van der Waals surface area contributed by atoms with Gasteiger partial charge in [0.2, 0.25) is 0 Å². The van der Waals surface area contributed by atoms with Crippen LogP contribution in [-0.4, -0.2) is 30.8 Å². The van der Waals surface area contributed by atoms with Gasteiger partial charge in [0, 0.05) is 0 Å². The fourth-order valence-electron chi connectivity index (χ4n) is 1.03. The Bertz CT molecular complexity index is 212. The van der Waals surface area contributed by atoms with Gasteiger partial charge in [0.25, 0.3) is 0 Å². The van der Waals surface area contributed by atoms with E-state index in [4.69, 9.17) is 10.8 Å². The van der Waals surface area contributed by atoms with E-state index in [0.29, 0.717) is 4.78 Å². The monoisotopic (exact) mass is 204 g/mol. The molecule has 0 aromatic carbocycles. The molecule has 0 aliphatic heterocycles. The van der Waals surface area contributed by atoms with Crippen LogP contribution in [0.1, 0.15) is 33.6 Å². The van der Waals surface area contributed by atoms with Crippen molar-refractivity contribution in [1.82, 2.24) is 0 Å². The fourth-order valence-corrected chi connectivity index (χ4v) is 2.50. The van der Waals surface area contributed by atoms with Gasteiger partial charge in [-0.3, -0.25) is 0 Å². The van der Waals surface area contributed by atoms with Crippen LogP contribution in [0.4, 0.5) is 0 Å². The van der Waals surface area contributed by atoms with Crippen molar-refractivity contribution in [2.45, 2.75) is 56.5 Å². The molecule has 3 heteroatoms. The summed E-state index contributed by atoms with van der Waals surface area (Å²) in [6.07, 6.45) is 7.02. The second-order valence-corrected chi connectivity index (χ2v) is 10.2. The van der Waals surface area contributed by atoms with Crippen LogP contribution in [0.25, 0.3) is 0 Å².